The molecule has 1 aliphatic rings. The molecule has 2 unspecified atom stereocenters. The van der Waals surface area contributed by atoms with Crippen LogP contribution in [0, 0.1) is 12.8 Å². The highest BCUT2D eigenvalue weighted by atomic mass is 16.1. The molecule has 0 heterocycles. The van der Waals surface area contributed by atoms with Crippen molar-refractivity contribution in [3.8, 4) is 0 Å². The van der Waals surface area contributed by atoms with Crippen LogP contribution in [0.4, 0.5) is 5.69 Å². The van der Waals surface area contributed by atoms with Gasteiger partial charge in [0.05, 0.1) is 5.56 Å². The zero-order valence-corrected chi connectivity index (χ0v) is 10.5. The van der Waals surface area contributed by atoms with Crippen LogP contribution in [0.1, 0.15) is 42.1 Å². The maximum Gasteiger partial charge on any atom is 0.253 e. The highest BCUT2D eigenvalue weighted by Crippen LogP contribution is 2.25. The Balaban J connectivity index is 2.04. The average molecular weight is 232 g/mol. The fraction of sp³-hybridized carbons (Fsp3) is 0.500. The smallest absolute Gasteiger partial charge is 0.253 e. The number of nitrogens with two attached hydrogens (primary N) is 1. The van der Waals surface area contributed by atoms with E-state index >= 15 is 0 Å². The second-order valence-electron chi connectivity index (χ2n) is 5.18. The van der Waals surface area contributed by atoms with Gasteiger partial charge in [0.1, 0.15) is 0 Å². The predicted octanol–water partition coefficient (Wildman–Crippen LogP) is 2.50. The summed E-state index contributed by atoms with van der Waals surface area (Å²) in [5.74, 6) is 0.678. The van der Waals surface area contributed by atoms with Crippen LogP contribution in [0.3, 0.4) is 0 Å². The Morgan fingerprint density at radius 1 is 1.41 bits per heavy atom. The normalized spacial score (nSPS) is 23.6. The van der Waals surface area contributed by atoms with Crippen molar-refractivity contribution in [2.45, 2.75) is 39.2 Å². The van der Waals surface area contributed by atoms with Crippen molar-refractivity contribution in [2.24, 2.45) is 5.92 Å². The number of nitrogens with one attached hydrogen (secondary N) is 1. The molecule has 3 heteroatoms. The van der Waals surface area contributed by atoms with Crippen molar-refractivity contribution in [1.29, 1.82) is 0 Å². The molecule has 0 spiro atoms. The van der Waals surface area contributed by atoms with Gasteiger partial charge in [0.25, 0.3) is 5.91 Å². The van der Waals surface area contributed by atoms with Gasteiger partial charge in [-0.2, -0.15) is 0 Å². The Bertz CT molecular complexity index is 428. The Hall–Kier alpha value is -1.51. The standard InChI is InChI=1S/C14H20N2O/c1-9-3-5-11(7-9)16-14(17)12-6-4-10(2)8-13(12)15/h4,6,8-9,11H,3,5,7,15H2,1-2H3,(H,16,17). The molecule has 0 aromatic heterocycles. The molecular weight excluding hydrogens is 212 g/mol. The second kappa shape index (κ2) is 4.78. The minimum Gasteiger partial charge on any atom is -0.398 e. The first-order valence-electron chi connectivity index (χ1n) is 6.23. The number of nitrogen functional groups attached to an aromatic ring is 1. The molecule has 1 amide bonds. The molecule has 1 aromatic rings. The summed E-state index contributed by atoms with van der Waals surface area (Å²) >= 11 is 0. The third kappa shape index (κ3) is 2.78. The molecule has 0 aliphatic heterocycles. The van der Waals surface area contributed by atoms with E-state index in [-0.39, 0.29) is 5.91 Å². The van der Waals surface area contributed by atoms with E-state index in [1.165, 1.54) is 6.42 Å². The third-order valence-corrected chi connectivity index (χ3v) is 3.48. The molecule has 0 bridgehead atoms. The number of amides is 1. The number of carbonyl (C=O) groups excluding carboxylic acids is 1. The van der Waals surface area contributed by atoms with E-state index in [0.29, 0.717) is 17.3 Å². The molecule has 17 heavy (non-hydrogen) atoms. The topological polar surface area (TPSA) is 55.1 Å². The average Bonchev–Trinajstić information content (AvgIpc) is 2.63. The van der Waals surface area contributed by atoms with Gasteiger partial charge in [0, 0.05) is 11.7 Å². The molecule has 3 nitrogen and oxygen atoms in total. The number of anilines is 1. The van der Waals surface area contributed by atoms with E-state index in [0.717, 1.165) is 24.3 Å². The molecular formula is C14H20N2O. The number of hydrogen-bond donors (Lipinski definition) is 2. The van der Waals surface area contributed by atoms with Gasteiger partial charge < -0.3 is 11.1 Å². The van der Waals surface area contributed by atoms with Crippen molar-refractivity contribution in [2.75, 3.05) is 5.73 Å². The summed E-state index contributed by atoms with van der Waals surface area (Å²) in [5.41, 5.74) is 8.10. The lowest BCUT2D eigenvalue weighted by molar-refractivity contribution is 0.0938. The zero-order chi connectivity index (χ0) is 12.4. The number of carbonyl (C=O) groups is 1. The van der Waals surface area contributed by atoms with E-state index in [2.05, 4.69) is 12.2 Å². The first-order chi connectivity index (χ1) is 8.06. The van der Waals surface area contributed by atoms with Crippen LogP contribution in [0.25, 0.3) is 0 Å². The molecule has 0 radical (unpaired) electrons. The van der Waals surface area contributed by atoms with E-state index in [1.54, 1.807) is 6.07 Å². The lowest BCUT2D eigenvalue weighted by atomic mass is 10.1. The van der Waals surface area contributed by atoms with Crippen molar-refractivity contribution in [3.05, 3.63) is 29.3 Å². The molecule has 0 saturated heterocycles. The highest BCUT2D eigenvalue weighted by molar-refractivity contribution is 5.99. The first kappa shape index (κ1) is 12.0. The van der Waals surface area contributed by atoms with Crippen LogP contribution in [-0.2, 0) is 0 Å². The van der Waals surface area contributed by atoms with E-state index in [4.69, 9.17) is 5.73 Å². The number of rotatable bonds is 2. The zero-order valence-electron chi connectivity index (χ0n) is 10.5. The van der Waals surface area contributed by atoms with Gasteiger partial charge in [-0.05, 0) is 49.8 Å². The summed E-state index contributed by atoms with van der Waals surface area (Å²) in [6.45, 7) is 4.20. The summed E-state index contributed by atoms with van der Waals surface area (Å²) in [5, 5.41) is 3.07. The van der Waals surface area contributed by atoms with E-state index in [1.807, 2.05) is 19.1 Å². The van der Waals surface area contributed by atoms with Crippen molar-refractivity contribution in [3.63, 3.8) is 0 Å². The van der Waals surface area contributed by atoms with E-state index < -0.39 is 0 Å². The largest absolute Gasteiger partial charge is 0.398 e. The van der Waals surface area contributed by atoms with Gasteiger partial charge in [0.15, 0.2) is 0 Å². The van der Waals surface area contributed by atoms with E-state index in [9.17, 15) is 4.79 Å². The molecule has 1 saturated carbocycles. The first-order valence-corrected chi connectivity index (χ1v) is 6.23. The minimum absolute atomic E-state index is 0.0402. The molecule has 3 N–H and O–H groups in total. The summed E-state index contributed by atoms with van der Waals surface area (Å²) in [6, 6.07) is 5.88. The van der Waals surface area contributed by atoms with Gasteiger partial charge in [-0.25, -0.2) is 0 Å². The number of aryl methyl sites for hydroxylation is 1. The van der Waals surface area contributed by atoms with Crippen LogP contribution in [0.5, 0.6) is 0 Å². The molecule has 1 aromatic carbocycles. The molecule has 2 rings (SSSR count). The fourth-order valence-electron chi connectivity index (χ4n) is 2.49. The molecule has 2 atom stereocenters. The number of hydrogen-bond acceptors (Lipinski definition) is 2. The monoisotopic (exact) mass is 232 g/mol. The Labute approximate surface area is 102 Å². The maximum absolute atomic E-state index is 12.0. The molecule has 1 aliphatic carbocycles. The lowest BCUT2D eigenvalue weighted by Crippen LogP contribution is -2.33. The predicted molar refractivity (Wildman–Crippen MR) is 69.9 cm³/mol. The van der Waals surface area contributed by atoms with Gasteiger partial charge in [-0.3, -0.25) is 4.79 Å². The van der Waals surface area contributed by atoms with Crippen LogP contribution in [0.2, 0.25) is 0 Å². The molecule has 92 valence electrons. The van der Waals surface area contributed by atoms with Crippen LogP contribution >= 0.6 is 0 Å². The Kier molecular flexibility index (Phi) is 3.36. The van der Waals surface area contributed by atoms with Gasteiger partial charge in [-0.15, -0.1) is 0 Å². The van der Waals surface area contributed by atoms with Crippen LogP contribution in [-0.4, -0.2) is 11.9 Å². The van der Waals surface area contributed by atoms with Gasteiger partial charge >= 0.3 is 0 Å². The Morgan fingerprint density at radius 3 is 2.76 bits per heavy atom. The van der Waals surface area contributed by atoms with Crippen molar-refractivity contribution in [1.82, 2.24) is 5.32 Å². The van der Waals surface area contributed by atoms with Gasteiger partial charge in [-0.1, -0.05) is 13.0 Å². The quantitative estimate of drug-likeness (QED) is 0.770. The van der Waals surface area contributed by atoms with Crippen LogP contribution in [0.15, 0.2) is 18.2 Å². The lowest BCUT2D eigenvalue weighted by Gasteiger charge is -2.13. The highest BCUT2D eigenvalue weighted by Gasteiger charge is 2.23. The fourth-order valence-corrected chi connectivity index (χ4v) is 2.49. The summed E-state index contributed by atoms with van der Waals surface area (Å²) in [7, 11) is 0. The number of benzene rings is 1. The maximum atomic E-state index is 12.0. The summed E-state index contributed by atoms with van der Waals surface area (Å²) < 4.78 is 0. The van der Waals surface area contributed by atoms with Gasteiger partial charge in [0.2, 0.25) is 0 Å². The molecule has 1 fully saturated rings. The Morgan fingerprint density at radius 2 is 2.18 bits per heavy atom. The second-order valence-corrected chi connectivity index (χ2v) is 5.18. The summed E-state index contributed by atoms with van der Waals surface area (Å²) in [6.07, 6.45) is 3.37. The minimum atomic E-state index is -0.0402. The van der Waals surface area contributed by atoms with Crippen molar-refractivity contribution < 1.29 is 4.79 Å². The SMILES string of the molecule is Cc1ccc(C(=O)NC2CCC(C)C2)c(N)c1. The third-order valence-electron chi connectivity index (χ3n) is 3.48. The summed E-state index contributed by atoms with van der Waals surface area (Å²) in [4.78, 5) is 12.0. The van der Waals surface area contributed by atoms with Crippen LogP contribution < -0.4 is 11.1 Å². The van der Waals surface area contributed by atoms with Crippen molar-refractivity contribution >= 4 is 11.6 Å².